The molecule has 2 amide bonds. The molecule has 1 aromatic heterocycles. The fourth-order valence-corrected chi connectivity index (χ4v) is 8.18. The van der Waals surface area contributed by atoms with Gasteiger partial charge >= 0.3 is 0 Å². The van der Waals surface area contributed by atoms with Gasteiger partial charge in [-0.3, -0.25) is 9.59 Å². The molecule has 0 aliphatic carbocycles. The van der Waals surface area contributed by atoms with Crippen LogP contribution in [-0.4, -0.2) is 79.0 Å². The maximum Gasteiger partial charge on any atom is 0.265 e. The number of amides is 2. The molecular formula is C40H48N6O5S. The number of carbonyl (C=O) groups is 2. The number of hydrogen-bond acceptors (Lipinski definition) is 9. The molecule has 0 fully saturated rings. The first-order chi connectivity index (χ1) is 25.2. The highest BCUT2D eigenvalue weighted by Crippen LogP contribution is 2.33. The Hall–Kier alpha value is -4.81. The monoisotopic (exact) mass is 724 g/mol. The smallest absolute Gasteiger partial charge is 0.265 e. The van der Waals surface area contributed by atoms with Crippen LogP contribution in [0.25, 0.3) is 11.3 Å². The normalized spacial score (nSPS) is 15.3. The van der Waals surface area contributed by atoms with E-state index in [2.05, 4.69) is 40.3 Å². The zero-order valence-electron chi connectivity index (χ0n) is 30.2. The first kappa shape index (κ1) is 37.0. The Labute approximate surface area is 306 Å². The molecule has 2 aliphatic heterocycles. The molecule has 2 aliphatic rings. The molecule has 3 heterocycles. The van der Waals surface area contributed by atoms with Crippen molar-refractivity contribution in [2.75, 3.05) is 42.6 Å². The second kappa shape index (κ2) is 16.2. The third kappa shape index (κ3) is 7.68. The fourth-order valence-electron chi connectivity index (χ4n) is 7.17. The van der Waals surface area contributed by atoms with Crippen LogP contribution < -0.4 is 14.5 Å². The number of benzene rings is 3. The number of nitrogens with zero attached hydrogens (tertiary/aromatic N) is 5. The number of nitrogens with one attached hydrogen (secondary N) is 1. The summed E-state index contributed by atoms with van der Waals surface area (Å²) in [4.78, 5) is 44.2. The first-order valence-electron chi connectivity index (χ1n) is 18.3. The lowest BCUT2D eigenvalue weighted by Crippen LogP contribution is -2.46. The van der Waals surface area contributed by atoms with E-state index in [1.54, 1.807) is 41.4 Å². The van der Waals surface area contributed by atoms with Crippen LogP contribution in [0, 0.1) is 0 Å². The Bertz CT molecular complexity index is 2030. The van der Waals surface area contributed by atoms with E-state index in [-0.39, 0.29) is 34.7 Å². The van der Waals surface area contributed by atoms with Gasteiger partial charge in [0.15, 0.2) is 0 Å². The number of carbonyl (C=O) groups excluding carboxylic acids is 2. The molecule has 6 rings (SSSR count). The lowest BCUT2D eigenvalue weighted by molar-refractivity contribution is 0.0545. The van der Waals surface area contributed by atoms with Crippen molar-refractivity contribution in [2.45, 2.75) is 76.8 Å². The van der Waals surface area contributed by atoms with E-state index in [9.17, 15) is 23.1 Å². The molecule has 274 valence electrons. The molecule has 0 bridgehead atoms. The number of anilines is 2. The second-order valence-corrected chi connectivity index (χ2v) is 15.1. The van der Waals surface area contributed by atoms with Crippen molar-refractivity contribution < 1.29 is 23.1 Å². The number of unbranched alkanes of at least 4 members (excludes halogenated alkanes) is 2. The van der Waals surface area contributed by atoms with Gasteiger partial charge in [-0.05, 0) is 85.7 Å². The van der Waals surface area contributed by atoms with Gasteiger partial charge in [0.1, 0.15) is 0 Å². The predicted octanol–water partition coefficient (Wildman–Crippen LogP) is 5.61. The van der Waals surface area contributed by atoms with Crippen molar-refractivity contribution in [3.05, 3.63) is 101 Å². The zero-order valence-corrected chi connectivity index (χ0v) is 31.0. The van der Waals surface area contributed by atoms with Gasteiger partial charge in [0, 0.05) is 55.7 Å². The number of aliphatic hydroxyl groups excluding tert-OH is 1. The lowest BCUT2D eigenvalue weighted by atomic mass is 9.91. The molecule has 1 atom stereocenters. The third-order valence-corrected chi connectivity index (χ3v) is 11.4. The molecule has 12 heteroatoms. The fraction of sp³-hybridized carbons (Fsp3) is 0.400. The summed E-state index contributed by atoms with van der Waals surface area (Å²) < 4.78 is 29.8. The van der Waals surface area contributed by atoms with Gasteiger partial charge in [0.2, 0.25) is 5.95 Å². The van der Waals surface area contributed by atoms with Gasteiger partial charge in [-0.25, -0.2) is 23.1 Å². The van der Waals surface area contributed by atoms with Gasteiger partial charge in [0.05, 0.1) is 28.8 Å². The Morgan fingerprint density at radius 1 is 0.923 bits per heavy atom. The molecule has 4 aromatic rings. The summed E-state index contributed by atoms with van der Waals surface area (Å²) in [7, 11) is -4.28. The zero-order chi connectivity index (χ0) is 36.8. The minimum atomic E-state index is -4.28. The van der Waals surface area contributed by atoms with E-state index < -0.39 is 27.9 Å². The minimum absolute atomic E-state index is 0.00378. The minimum Gasteiger partial charge on any atom is -0.394 e. The highest BCUT2D eigenvalue weighted by molar-refractivity contribution is 7.90. The van der Waals surface area contributed by atoms with E-state index in [1.807, 2.05) is 24.3 Å². The van der Waals surface area contributed by atoms with Gasteiger partial charge in [-0.2, -0.15) is 0 Å². The van der Waals surface area contributed by atoms with Gasteiger partial charge in [0.25, 0.3) is 21.8 Å². The molecule has 52 heavy (non-hydrogen) atoms. The Morgan fingerprint density at radius 3 is 2.37 bits per heavy atom. The van der Waals surface area contributed by atoms with E-state index in [0.717, 1.165) is 74.2 Å². The topological polar surface area (TPSA) is 136 Å². The quantitative estimate of drug-likeness (QED) is 0.170. The average Bonchev–Trinajstić information content (AvgIpc) is 3.59. The molecule has 0 saturated carbocycles. The van der Waals surface area contributed by atoms with Crippen LogP contribution >= 0.6 is 0 Å². The maximum atomic E-state index is 14.6. The summed E-state index contributed by atoms with van der Waals surface area (Å²) in [6, 6.07) is 18.6. The number of likely N-dealkylation sites (N-methyl/N-ethyl adjacent to an activating group) is 1. The standard InChI is InChI=1S/C40H48N6O5S/c1-4-7-21-45(22-8-5-2)40-41-20-18-35(42-40)37-33(38(48)43-52(50,51)32-16-17-36-29(25-32)19-23-44(36)6-3)14-11-15-34(37)39(49)46-26-30-13-10-9-12-28(30)24-31(46)27-47/h9-18,20,25,31,47H,4-8,19,21-24,26-27H2,1-3H3,(H,43,48). The summed E-state index contributed by atoms with van der Waals surface area (Å²) in [6.45, 7) is 9.44. The van der Waals surface area contributed by atoms with E-state index in [0.29, 0.717) is 24.5 Å². The molecule has 3 aromatic carbocycles. The van der Waals surface area contributed by atoms with Crippen molar-refractivity contribution in [3.63, 3.8) is 0 Å². The molecule has 11 nitrogen and oxygen atoms in total. The molecule has 0 spiro atoms. The van der Waals surface area contributed by atoms with Gasteiger partial charge in [-0.15, -0.1) is 0 Å². The number of aromatic nitrogens is 2. The van der Waals surface area contributed by atoms with E-state index >= 15 is 0 Å². The van der Waals surface area contributed by atoms with Crippen molar-refractivity contribution in [3.8, 4) is 11.3 Å². The molecule has 0 saturated heterocycles. The first-order valence-corrected chi connectivity index (χ1v) is 19.8. The number of rotatable bonds is 14. The van der Waals surface area contributed by atoms with Crippen LogP contribution in [0.2, 0.25) is 0 Å². The Morgan fingerprint density at radius 2 is 1.65 bits per heavy atom. The summed E-state index contributed by atoms with van der Waals surface area (Å²) in [5.41, 5.74) is 4.65. The maximum absolute atomic E-state index is 14.6. The van der Waals surface area contributed by atoms with Crippen LogP contribution in [-0.2, 0) is 29.4 Å². The van der Waals surface area contributed by atoms with E-state index in [4.69, 9.17) is 4.98 Å². The molecular weight excluding hydrogens is 677 g/mol. The van der Waals surface area contributed by atoms with Crippen LogP contribution in [0.3, 0.4) is 0 Å². The second-order valence-electron chi connectivity index (χ2n) is 13.5. The number of aliphatic hydroxyl groups is 1. The SMILES string of the molecule is CCCCN(CCCC)c1nccc(-c2c(C(=O)NS(=O)(=O)c3ccc4c(c3)CCN4CC)cccc2C(=O)N2Cc3ccccc3CC2CO)n1. The Kier molecular flexibility index (Phi) is 11.6. The van der Waals surface area contributed by atoms with Crippen LogP contribution in [0.15, 0.2) is 77.8 Å². The average molecular weight is 725 g/mol. The predicted molar refractivity (Wildman–Crippen MR) is 203 cm³/mol. The van der Waals surface area contributed by atoms with Crippen molar-refractivity contribution in [2.24, 2.45) is 0 Å². The highest BCUT2D eigenvalue weighted by atomic mass is 32.2. The highest BCUT2D eigenvalue weighted by Gasteiger charge is 2.33. The summed E-state index contributed by atoms with van der Waals surface area (Å²) in [5, 5.41) is 10.4. The van der Waals surface area contributed by atoms with Crippen LogP contribution in [0.4, 0.5) is 11.6 Å². The number of sulfonamides is 1. The van der Waals surface area contributed by atoms with Crippen LogP contribution in [0.5, 0.6) is 0 Å². The van der Waals surface area contributed by atoms with Gasteiger partial charge < -0.3 is 19.8 Å². The summed E-state index contributed by atoms with van der Waals surface area (Å²) in [5.74, 6) is -0.800. The molecule has 1 unspecified atom stereocenters. The van der Waals surface area contributed by atoms with Crippen molar-refractivity contribution in [1.29, 1.82) is 0 Å². The van der Waals surface area contributed by atoms with Crippen LogP contribution in [0.1, 0.15) is 83.9 Å². The van der Waals surface area contributed by atoms with Gasteiger partial charge in [-0.1, -0.05) is 57.0 Å². The summed E-state index contributed by atoms with van der Waals surface area (Å²) in [6.07, 6.45) is 6.67. The summed E-state index contributed by atoms with van der Waals surface area (Å²) >= 11 is 0. The largest absolute Gasteiger partial charge is 0.394 e. The third-order valence-electron chi connectivity index (χ3n) is 10.1. The molecule has 0 radical (unpaired) electrons. The number of hydrogen-bond donors (Lipinski definition) is 2. The lowest BCUT2D eigenvalue weighted by Gasteiger charge is -2.36. The number of fused-ring (bicyclic) bond motifs is 2. The van der Waals surface area contributed by atoms with Crippen molar-refractivity contribution in [1.82, 2.24) is 19.6 Å². The van der Waals surface area contributed by atoms with Crippen molar-refractivity contribution >= 4 is 33.5 Å². The Balaban J connectivity index is 1.42. The van der Waals surface area contributed by atoms with E-state index in [1.165, 1.54) is 12.1 Å². The molecule has 2 N–H and O–H groups in total.